The van der Waals surface area contributed by atoms with E-state index in [-0.39, 0.29) is 0 Å². The van der Waals surface area contributed by atoms with Crippen LogP contribution in [0.25, 0.3) is 0 Å². The predicted molar refractivity (Wildman–Crippen MR) is 60.9 cm³/mol. The molecule has 0 heterocycles. The van der Waals surface area contributed by atoms with Crippen LogP contribution in [0.1, 0.15) is 32.1 Å². The van der Waals surface area contributed by atoms with E-state index < -0.39 is 0 Å². The van der Waals surface area contributed by atoms with Crippen LogP contribution in [0.2, 0.25) is 0 Å². The van der Waals surface area contributed by atoms with Crippen molar-refractivity contribution in [1.29, 1.82) is 0 Å². The Balaban J connectivity index is 1.65. The van der Waals surface area contributed by atoms with Gasteiger partial charge in [-0.15, -0.1) is 0 Å². The van der Waals surface area contributed by atoms with Crippen LogP contribution in [-0.2, 0) is 0 Å². The summed E-state index contributed by atoms with van der Waals surface area (Å²) in [7, 11) is 0. The van der Waals surface area contributed by atoms with Gasteiger partial charge < -0.3 is 4.74 Å². The second kappa shape index (κ2) is 3.88. The Hall–Kier alpha value is -0.980. The zero-order valence-corrected chi connectivity index (χ0v) is 9.06. The third-order valence-corrected chi connectivity index (χ3v) is 3.89. The molecule has 3 rings (SSSR count). The van der Waals surface area contributed by atoms with Crippen molar-refractivity contribution in [3.63, 3.8) is 0 Å². The van der Waals surface area contributed by atoms with Crippen molar-refractivity contribution in [1.82, 2.24) is 0 Å². The topological polar surface area (TPSA) is 9.23 Å². The molecule has 2 saturated carbocycles. The second-order valence-corrected chi connectivity index (χ2v) is 5.07. The number of hydrogen-bond acceptors (Lipinski definition) is 1. The molecule has 0 unspecified atom stereocenters. The van der Waals surface area contributed by atoms with Gasteiger partial charge in [0, 0.05) is 0 Å². The van der Waals surface area contributed by atoms with Crippen molar-refractivity contribution < 1.29 is 4.74 Å². The summed E-state index contributed by atoms with van der Waals surface area (Å²) in [6.07, 6.45) is 7.41. The van der Waals surface area contributed by atoms with Crippen LogP contribution in [0.5, 0.6) is 5.75 Å². The number of rotatable bonds is 2. The van der Waals surface area contributed by atoms with Gasteiger partial charge in [-0.3, -0.25) is 0 Å². The Morgan fingerprint density at radius 1 is 0.867 bits per heavy atom. The van der Waals surface area contributed by atoms with Crippen molar-refractivity contribution in [3.8, 4) is 5.75 Å². The van der Waals surface area contributed by atoms with Gasteiger partial charge in [0.2, 0.25) is 0 Å². The summed E-state index contributed by atoms with van der Waals surface area (Å²) in [5, 5.41) is 0. The minimum Gasteiger partial charge on any atom is -0.490 e. The Morgan fingerprint density at radius 2 is 1.53 bits per heavy atom. The van der Waals surface area contributed by atoms with Gasteiger partial charge >= 0.3 is 0 Å². The maximum absolute atomic E-state index is 6.04. The summed E-state index contributed by atoms with van der Waals surface area (Å²) in [5.41, 5.74) is 0. The molecule has 0 spiro atoms. The van der Waals surface area contributed by atoms with Gasteiger partial charge in [0.05, 0.1) is 6.10 Å². The fourth-order valence-electron chi connectivity index (χ4n) is 3.23. The van der Waals surface area contributed by atoms with Crippen LogP contribution in [0.3, 0.4) is 0 Å². The molecule has 1 heteroatoms. The summed E-state index contributed by atoms with van der Waals surface area (Å²) in [5.74, 6) is 2.96. The smallest absolute Gasteiger partial charge is 0.119 e. The molecule has 2 bridgehead atoms. The van der Waals surface area contributed by atoms with Gasteiger partial charge in [0.1, 0.15) is 5.75 Å². The number of hydrogen-bond donors (Lipinski definition) is 0. The fourth-order valence-corrected chi connectivity index (χ4v) is 3.23. The summed E-state index contributed by atoms with van der Waals surface area (Å²) < 4.78 is 6.04. The van der Waals surface area contributed by atoms with Crippen LogP contribution in [0.15, 0.2) is 30.3 Å². The molecule has 0 saturated heterocycles. The Morgan fingerprint density at radius 3 is 2.20 bits per heavy atom. The van der Waals surface area contributed by atoms with Crippen molar-refractivity contribution in [2.45, 2.75) is 38.2 Å². The van der Waals surface area contributed by atoms with Crippen LogP contribution < -0.4 is 4.74 Å². The molecule has 0 amide bonds. The highest BCUT2D eigenvalue weighted by molar-refractivity contribution is 5.21. The molecule has 0 aliphatic heterocycles. The van der Waals surface area contributed by atoms with Gasteiger partial charge in [-0.05, 0) is 43.2 Å². The van der Waals surface area contributed by atoms with Crippen molar-refractivity contribution in [2.24, 2.45) is 11.8 Å². The average molecular weight is 202 g/mol. The van der Waals surface area contributed by atoms with Gasteiger partial charge in [0.25, 0.3) is 0 Å². The Bertz CT molecular complexity index is 307. The molecule has 15 heavy (non-hydrogen) atoms. The molecule has 1 aromatic carbocycles. The van der Waals surface area contributed by atoms with E-state index in [0.29, 0.717) is 6.10 Å². The first-order valence-electron chi connectivity index (χ1n) is 6.12. The Kier molecular flexibility index (Phi) is 2.40. The van der Waals surface area contributed by atoms with E-state index in [0.717, 1.165) is 17.6 Å². The highest BCUT2D eigenvalue weighted by Crippen LogP contribution is 2.42. The monoisotopic (exact) mass is 202 g/mol. The van der Waals surface area contributed by atoms with Crippen molar-refractivity contribution in [3.05, 3.63) is 30.3 Å². The van der Waals surface area contributed by atoms with E-state index in [1.54, 1.807) is 0 Å². The molecule has 2 aliphatic carbocycles. The van der Waals surface area contributed by atoms with E-state index in [2.05, 4.69) is 12.1 Å². The van der Waals surface area contributed by atoms with Gasteiger partial charge in [-0.1, -0.05) is 31.0 Å². The molecule has 1 nitrogen and oxygen atoms in total. The molecule has 3 atom stereocenters. The third-order valence-electron chi connectivity index (χ3n) is 3.89. The summed E-state index contributed by atoms with van der Waals surface area (Å²) in [6.45, 7) is 0. The van der Waals surface area contributed by atoms with Crippen LogP contribution in [-0.4, -0.2) is 6.10 Å². The fraction of sp³-hybridized carbons (Fsp3) is 0.571. The van der Waals surface area contributed by atoms with Crippen molar-refractivity contribution >= 4 is 0 Å². The van der Waals surface area contributed by atoms with E-state index in [1.807, 2.05) is 18.2 Å². The molecule has 0 aromatic heterocycles. The van der Waals surface area contributed by atoms with E-state index in [9.17, 15) is 0 Å². The van der Waals surface area contributed by atoms with E-state index in [1.165, 1.54) is 32.1 Å². The van der Waals surface area contributed by atoms with Gasteiger partial charge in [-0.25, -0.2) is 0 Å². The molecule has 80 valence electrons. The number of fused-ring (bicyclic) bond motifs is 2. The highest BCUT2D eigenvalue weighted by Gasteiger charge is 2.34. The lowest BCUT2D eigenvalue weighted by Gasteiger charge is -2.28. The Labute approximate surface area is 91.5 Å². The molecule has 1 aromatic rings. The third kappa shape index (κ3) is 2.01. The minimum atomic E-state index is 0.485. The summed E-state index contributed by atoms with van der Waals surface area (Å²) in [6, 6.07) is 10.3. The first-order valence-corrected chi connectivity index (χ1v) is 6.12. The summed E-state index contributed by atoms with van der Waals surface area (Å²) in [4.78, 5) is 0. The molecular weight excluding hydrogens is 184 g/mol. The minimum absolute atomic E-state index is 0.485. The zero-order valence-electron chi connectivity index (χ0n) is 9.06. The first kappa shape index (κ1) is 9.26. The van der Waals surface area contributed by atoms with E-state index >= 15 is 0 Å². The van der Waals surface area contributed by atoms with Crippen LogP contribution >= 0.6 is 0 Å². The summed E-state index contributed by atoms with van der Waals surface area (Å²) >= 11 is 0. The van der Waals surface area contributed by atoms with Gasteiger partial charge in [-0.2, -0.15) is 0 Å². The maximum atomic E-state index is 6.04. The SMILES string of the molecule is c1ccc(O[C@H]2C[C@@H]3CC[C@@H](C3)C2)cc1. The maximum Gasteiger partial charge on any atom is 0.119 e. The normalized spacial score (nSPS) is 34.0. The van der Waals surface area contributed by atoms with Crippen LogP contribution in [0.4, 0.5) is 0 Å². The number of benzene rings is 1. The van der Waals surface area contributed by atoms with E-state index in [4.69, 9.17) is 4.74 Å². The van der Waals surface area contributed by atoms with Crippen molar-refractivity contribution in [2.75, 3.05) is 0 Å². The number of para-hydroxylation sites is 1. The molecule has 2 fully saturated rings. The average Bonchev–Trinajstić information content (AvgIpc) is 2.60. The van der Waals surface area contributed by atoms with Gasteiger partial charge in [0.15, 0.2) is 0 Å². The zero-order chi connectivity index (χ0) is 10.1. The lowest BCUT2D eigenvalue weighted by atomic mass is 9.87. The predicted octanol–water partition coefficient (Wildman–Crippen LogP) is 3.64. The largest absolute Gasteiger partial charge is 0.490 e. The molecule has 0 N–H and O–H groups in total. The molecule has 0 radical (unpaired) electrons. The lowest BCUT2D eigenvalue weighted by Crippen LogP contribution is -2.25. The quantitative estimate of drug-likeness (QED) is 0.711. The lowest BCUT2D eigenvalue weighted by molar-refractivity contribution is 0.119. The number of ether oxygens (including phenoxy) is 1. The molecule has 2 aliphatic rings. The van der Waals surface area contributed by atoms with Crippen LogP contribution in [0, 0.1) is 11.8 Å². The highest BCUT2D eigenvalue weighted by atomic mass is 16.5. The standard InChI is InChI=1S/C14H18O/c1-2-4-13(5-3-1)15-14-9-11-6-7-12(8-11)10-14/h1-5,11-12,14H,6-10H2/t11-,12+,14+. The first-order chi connectivity index (χ1) is 7.40. The molecular formula is C14H18O. The second-order valence-electron chi connectivity index (χ2n) is 5.07.